The zero-order chi connectivity index (χ0) is 5.21. The summed E-state index contributed by atoms with van der Waals surface area (Å²) in [5.41, 5.74) is 0. The quantitative estimate of drug-likeness (QED) is 0.463. The third-order valence-electron chi connectivity index (χ3n) is 0.0796. The Hall–Kier alpha value is 0.679. The second kappa shape index (κ2) is 3.65. The van der Waals surface area contributed by atoms with Crippen molar-refractivity contribution in [3.8, 4) is 0 Å². The average molecular weight is 188 g/mol. The summed E-state index contributed by atoms with van der Waals surface area (Å²) in [4.78, 5) is 0. The Kier molecular flexibility index (Phi) is 5.54. The normalized spacial score (nSPS) is 10.0. The van der Waals surface area contributed by atoms with Gasteiger partial charge in [-0.3, -0.25) is 4.55 Å². The van der Waals surface area contributed by atoms with Crippen LogP contribution in [0.4, 0.5) is 0 Å². The van der Waals surface area contributed by atoms with Crippen LogP contribution in [0.5, 0.6) is 0 Å². The molecule has 0 heterocycles. The first-order valence-electron chi connectivity index (χ1n) is 0.837. The molecule has 0 fully saturated rings. The van der Waals surface area contributed by atoms with E-state index in [9.17, 15) is 8.42 Å². The fourth-order valence-electron chi connectivity index (χ4n) is 0. The van der Waals surface area contributed by atoms with Crippen molar-refractivity contribution in [2.75, 3.05) is 0 Å². The van der Waals surface area contributed by atoms with E-state index < -0.39 is 10.4 Å². The van der Waals surface area contributed by atoms with Gasteiger partial charge in [0.15, 0.2) is 0 Å². The van der Waals surface area contributed by atoms with E-state index >= 15 is 0 Å². The molecule has 0 bridgehead atoms. The summed E-state index contributed by atoms with van der Waals surface area (Å²) in [6, 6.07) is 0. The van der Waals surface area contributed by atoms with Crippen LogP contribution in [0.3, 0.4) is 0 Å². The molecule has 46 valence electrons. The molecular weight excluding hydrogens is 187 g/mol. The molecule has 7 heavy (non-hydrogen) atoms. The molecule has 0 aromatic heterocycles. The Morgan fingerprint density at radius 2 is 1.71 bits per heavy atom. The molecule has 1 N–H and O–H groups in total. The van der Waals surface area contributed by atoms with Gasteiger partial charge in [0.25, 0.3) is 0 Å². The third-order valence-corrected chi connectivity index (χ3v) is 0.716. The van der Waals surface area contributed by atoms with E-state index in [0.717, 1.165) is 0 Å². The van der Waals surface area contributed by atoms with Crippen LogP contribution in [-0.4, -0.2) is 13.0 Å². The fourth-order valence-corrected chi connectivity index (χ4v) is 0. The van der Waals surface area contributed by atoms with E-state index in [1.54, 1.807) is 0 Å². The smallest absolute Gasteiger partial charge is 0.263 e. The molecule has 0 radical (unpaired) electrons. The summed E-state index contributed by atoms with van der Waals surface area (Å²) in [6.45, 7) is 0. The number of hydrogen-bond donors (Lipinski definition) is 1. The standard InChI is InChI=1S/ClHO4S.Fe/c1-5-6(2,3)4;/h(H,2,3,4);. The predicted molar refractivity (Wildman–Crippen MR) is 18.5 cm³/mol. The van der Waals surface area contributed by atoms with Crippen LogP contribution in [0.25, 0.3) is 0 Å². The molecule has 0 spiro atoms. The first-order valence-corrected chi connectivity index (χ1v) is 2.51. The van der Waals surface area contributed by atoms with E-state index in [2.05, 4.69) is 15.6 Å². The van der Waals surface area contributed by atoms with E-state index in [4.69, 9.17) is 4.55 Å². The number of rotatable bonds is 1. The van der Waals surface area contributed by atoms with Crippen molar-refractivity contribution in [2.45, 2.75) is 0 Å². The monoisotopic (exact) mass is 188 g/mol. The molecule has 0 atom stereocenters. The van der Waals surface area contributed by atoms with Crippen molar-refractivity contribution in [3.05, 3.63) is 0 Å². The minimum atomic E-state index is -4.40. The molecule has 0 saturated carbocycles. The molecule has 0 aliphatic carbocycles. The zero-order valence-corrected chi connectivity index (χ0v) is 5.49. The average Bonchev–Trinajstić information content (AvgIpc) is 1.35. The van der Waals surface area contributed by atoms with Crippen LogP contribution in [0.15, 0.2) is 0 Å². The van der Waals surface area contributed by atoms with E-state index in [-0.39, 0.29) is 17.1 Å². The minimum absolute atomic E-state index is 0. The minimum Gasteiger partial charge on any atom is -0.263 e. The van der Waals surface area contributed by atoms with Crippen LogP contribution in [-0.2, 0) is 31.2 Å². The van der Waals surface area contributed by atoms with Gasteiger partial charge in [-0.15, -0.1) is 3.74 Å². The zero-order valence-electron chi connectivity index (χ0n) is 2.81. The maximum atomic E-state index is 9.20. The number of hydrogen-bond acceptors (Lipinski definition) is 3. The third kappa shape index (κ3) is 10.8. The van der Waals surface area contributed by atoms with E-state index in [1.807, 2.05) is 0 Å². The summed E-state index contributed by atoms with van der Waals surface area (Å²) in [5.74, 6) is 0. The Morgan fingerprint density at radius 3 is 1.71 bits per heavy atom. The summed E-state index contributed by atoms with van der Waals surface area (Å²) in [5, 5.41) is 0. The van der Waals surface area contributed by atoms with Crippen molar-refractivity contribution in [1.29, 1.82) is 0 Å². The Morgan fingerprint density at radius 1 is 1.57 bits per heavy atom. The predicted octanol–water partition coefficient (Wildman–Crippen LogP) is -0.0429. The number of halogens is 1. The summed E-state index contributed by atoms with van der Waals surface area (Å²) in [6.07, 6.45) is 0. The fraction of sp³-hybridized carbons (Fsp3) is 0. The van der Waals surface area contributed by atoms with Crippen molar-refractivity contribution >= 4 is 22.3 Å². The molecule has 0 rings (SSSR count). The van der Waals surface area contributed by atoms with Gasteiger partial charge < -0.3 is 0 Å². The second-order valence-corrected chi connectivity index (χ2v) is 1.85. The topological polar surface area (TPSA) is 63.6 Å². The first kappa shape index (κ1) is 10.6. The second-order valence-electron chi connectivity index (χ2n) is 0.491. The largest absolute Gasteiger partial charge is 0.413 e. The van der Waals surface area contributed by atoms with Crippen molar-refractivity contribution in [2.24, 2.45) is 0 Å². The van der Waals surface area contributed by atoms with Crippen LogP contribution < -0.4 is 0 Å². The summed E-state index contributed by atoms with van der Waals surface area (Å²) >= 11 is 4.14. The molecule has 0 aliphatic heterocycles. The van der Waals surface area contributed by atoms with E-state index in [0.29, 0.717) is 0 Å². The van der Waals surface area contributed by atoms with Gasteiger partial charge in [-0.05, 0) is 0 Å². The Bertz CT molecular complexity index is 114. The van der Waals surface area contributed by atoms with Gasteiger partial charge in [-0.2, -0.15) is 8.42 Å². The molecule has 0 unspecified atom stereocenters. The van der Waals surface area contributed by atoms with Gasteiger partial charge in [0.2, 0.25) is 0 Å². The van der Waals surface area contributed by atoms with Gasteiger partial charge in [-0.25, -0.2) is 0 Å². The van der Waals surface area contributed by atoms with Crippen molar-refractivity contribution in [3.63, 3.8) is 0 Å². The summed E-state index contributed by atoms with van der Waals surface area (Å²) in [7, 11) is -4.40. The molecular formula is HClFeO4S. The molecule has 0 saturated heterocycles. The SMILES string of the molecule is O=S(=O)(O)OCl.[Fe]. The van der Waals surface area contributed by atoms with Crippen LogP contribution >= 0.6 is 11.9 Å². The van der Waals surface area contributed by atoms with Crippen LogP contribution in [0.1, 0.15) is 0 Å². The maximum Gasteiger partial charge on any atom is 0.413 e. The Balaban J connectivity index is 0. The van der Waals surface area contributed by atoms with Crippen LogP contribution in [0.2, 0.25) is 0 Å². The molecule has 0 aromatic rings. The van der Waals surface area contributed by atoms with Gasteiger partial charge >= 0.3 is 10.4 Å². The van der Waals surface area contributed by atoms with Gasteiger partial charge in [0.05, 0.1) is 11.9 Å². The van der Waals surface area contributed by atoms with Gasteiger partial charge in [0, 0.05) is 17.1 Å². The Labute approximate surface area is 56.4 Å². The molecule has 7 heteroatoms. The van der Waals surface area contributed by atoms with Crippen molar-refractivity contribution < 1.29 is 33.8 Å². The molecule has 0 aliphatic rings. The van der Waals surface area contributed by atoms with Crippen molar-refractivity contribution in [1.82, 2.24) is 0 Å². The molecule has 4 nitrogen and oxygen atoms in total. The van der Waals surface area contributed by atoms with Crippen LogP contribution in [0, 0.1) is 0 Å². The van der Waals surface area contributed by atoms with Gasteiger partial charge in [0.1, 0.15) is 0 Å². The first-order chi connectivity index (χ1) is 2.56. The van der Waals surface area contributed by atoms with Gasteiger partial charge in [-0.1, -0.05) is 0 Å². The summed E-state index contributed by atoms with van der Waals surface area (Å²) < 4.78 is 28.8. The molecule has 0 amide bonds. The van der Waals surface area contributed by atoms with E-state index in [1.165, 1.54) is 0 Å². The molecule has 0 aromatic carbocycles. The maximum absolute atomic E-state index is 9.20.